The highest BCUT2D eigenvalue weighted by Crippen LogP contribution is 2.34. The summed E-state index contributed by atoms with van der Waals surface area (Å²) in [7, 11) is 4.64. The molecule has 0 aliphatic carbocycles. The number of carbonyl (C=O) groups excluding carboxylic acids is 2. The topological polar surface area (TPSA) is 86.3 Å². The Hall–Kier alpha value is -2.64. The van der Waals surface area contributed by atoms with E-state index in [0.29, 0.717) is 30.2 Å². The number of benzene rings is 1. The Labute approximate surface area is 166 Å². The molecule has 1 aliphatic heterocycles. The molecule has 1 atom stereocenters. The quantitative estimate of drug-likeness (QED) is 0.798. The Morgan fingerprint density at radius 2 is 1.68 bits per heavy atom. The van der Waals surface area contributed by atoms with Crippen LogP contribution in [0.1, 0.15) is 39.2 Å². The summed E-state index contributed by atoms with van der Waals surface area (Å²) in [6.07, 6.45) is 0.902. The number of nitrogens with one attached hydrogen (secondary N) is 1. The summed E-state index contributed by atoms with van der Waals surface area (Å²) >= 11 is 0. The maximum absolute atomic E-state index is 12.7. The zero-order valence-electron chi connectivity index (χ0n) is 17.5. The highest BCUT2D eigenvalue weighted by molar-refractivity contribution is 5.86. The lowest BCUT2D eigenvalue weighted by atomic mass is 10.1. The second kappa shape index (κ2) is 9.03. The molecule has 8 nitrogen and oxygen atoms in total. The van der Waals surface area contributed by atoms with Crippen LogP contribution >= 0.6 is 0 Å². The van der Waals surface area contributed by atoms with Gasteiger partial charge in [-0.3, -0.25) is 9.69 Å². The molecule has 2 rings (SSSR count). The van der Waals surface area contributed by atoms with Gasteiger partial charge in [-0.05, 0) is 39.7 Å². The molecule has 0 bridgehead atoms. The maximum Gasteiger partial charge on any atom is 0.410 e. The Kier molecular flexibility index (Phi) is 6.99. The normalized spacial score (nSPS) is 16.5. The van der Waals surface area contributed by atoms with E-state index in [1.807, 2.05) is 0 Å². The molecule has 0 saturated carbocycles. The molecule has 1 N–H and O–H groups in total. The second-order valence-electron chi connectivity index (χ2n) is 7.57. The van der Waals surface area contributed by atoms with Gasteiger partial charge in [0.2, 0.25) is 5.91 Å². The molecule has 1 saturated heterocycles. The van der Waals surface area contributed by atoms with Crippen LogP contribution in [0.25, 0.3) is 0 Å². The zero-order valence-corrected chi connectivity index (χ0v) is 17.5. The minimum Gasteiger partial charge on any atom is -0.496 e. The van der Waals surface area contributed by atoms with Gasteiger partial charge in [0.05, 0.1) is 21.3 Å². The largest absolute Gasteiger partial charge is 0.496 e. The first-order valence-corrected chi connectivity index (χ1v) is 9.26. The number of nitrogens with zero attached hydrogens (tertiary/aromatic N) is 1. The number of likely N-dealkylation sites (tertiary alicyclic amines) is 1. The van der Waals surface area contributed by atoms with Gasteiger partial charge < -0.3 is 24.3 Å². The van der Waals surface area contributed by atoms with Gasteiger partial charge in [0, 0.05) is 24.7 Å². The van der Waals surface area contributed by atoms with Crippen LogP contribution in [0.4, 0.5) is 4.79 Å². The average molecular weight is 394 g/mol. The van der Waals surface area contributed by atoms with Crippen LogP contribution in [-0.4, -0.2) is 56.4 Å². The lowest BCUT2D eigenvalue weighted by Gasteiger charge is -2.28. The molecule has 1 aliphatic rings. The van der Waals surface area contributed by atoms with Crippen molar-refractivity contribution in [2.75, 3.05) is 27.9 Å². The minimum absolute atomic E-state index is 0.222. The number of amides is 2. The van der Waals surface area contributed by atoms with Crippen LogP contribution in [0.3, 0.4) is 0 Å². The van der Waals surface area contributed by atoms with Crippen molar-refractivity contribution in [1.82, 2.24) is 10.2 Å². The van der Waals surface area contributed by atoms with E-state index in [-0.39, 0.29) is 12.5 Å². The fourth-order valence-electron chi connectivity index (χ4n) is 3.11. The summed E-state index contributed by atoms with van der Waals surface area (Å²) in [5, 5.41) is 2.89. The molecule has 0 spiro atoms. The van der Waals surface area contributed by atoms with Crippen molar-refractivity contribution in [2.45, 2.75) is 51.8 Å². The number of methoxy groups -OCH3 is 3. The van der Waals surface area contributed by atoms with Crippen LogP contribution in [0.15, 0.2) is 12.1 Å². The van der Waals surface area contributed by atoms with Crippen molar-refractivity contribution in [3.8, 4) is 17.2 Å². The second-order valence-corrected chi connectivity index (χ2v) is 7.57. The monoisotopic (exact) mass is 394 g/mol. The predicted octanol–water partition coefficient (Wildman–Crippen LogP) is 2.73. The third kappa shape index (κ3) is 5.21. The molecule has 156 valence electrons. The van der Waals surface area contributed by atoms with E-state index in [0.717, 1.165) is 12.0 Å². The molecule has 1 aromatic carbocycles. The van der Waals surface area contributed by atoms with Crippen LogP contribution in [0.5, 0.6) is 17.2 Å². The number of ether oxygens (including phenoxy) is 4. The Balaban J connectivity index is 2.08. The first-order valence-electron chi connectivity index (χ1n) is 9.26. The molecule has 0 unspecified atom stereocenters. The summed E-state index contributed by atoms with van der Waals surface area (Å²) in [4.78, 5) is 26.6. The standard InChI is InChI=1S/C20H30N2O6/c1-20(2,3)28-19(24)22-9-7-8-14(22)18(23)21-12-13-10-16(26-5)17(27-6)11-15(13)25-4/h10-11,14H,7-9,12H2,1-6H3,(H,21,23)/t14-/m0/s1. The molecular weight excluding hydrogens is 364 g/mol. The van der Waals surface area contributed by atoms with Crippen molar-refractivity contribution in [3.05, 3.63) is 17.7 Å². The van der Waals surface area contributed by atoms with E-state index in [9.17, 15) is 9.59 Å². The van der Waals surface area contributed by atoms with Gasteiger partial charge in [-0.1, -0.05) is 0 Å². The molecule has 28 heavy (non-hydrogen) atoms. The molecule has 1 aromatic rings. The van der Waals surface area contributed by atoms with Crippen molar-refractivity contribution < 1.29 is 28.5 Å². The van der Waals surface area contributed by atoms with Crippen molar-refractivity contribution in [1.29, 1.82) is 0 Å². The number of hydrogen-bond donors (Lipinski definition) is 1. The van der Waals surface area contributed by atoms with Crippen molar-refractivity contribution in [2.24, 2.45) is 0 Å². The highest BCUT2D eigenvalue weighted by atomic mass is 16.6. The molecule has 1 fully saturated rings. The van der Waals surface area contributed by atoms with Crippen LogP contribution in [0.2, 0.25) is 0 Å². The van der Waals surface area contributed by atoms with Crippen molar-refractivity contribution >= 4 is 12.0 Å². The van der Waals surface area contributed by atoms with Gasteiger partial charge in [-0.25, -0.2) is 4.79 Å². The molecule has 0 radical (unpaired) electrons. The van der Waals surface area contributed by atoms with Gasteiger partial charge in [-0.15, -0.1) is 0 Å². The summed E-state index contributed by atoms with van der Waals surface area (Å²) in [6, 6.07) is 2.93. The Morgan fingerprint density at radius 1 is 1.07 bits per heavy atom. The van der Waals surface area contributed by atoms with Crippen LogP contribution < -0.4 is 19.5 Å². The number of hydrogen-bond acceptors (Lipinski definition) is 6. The van der Waals surface area contributed by atoms with Crippen molar-refractivity contribution in [3.63, 3.8) is 0 Å². The summed E-state index contributed by atoms with van der Waals surface area (Å²) in [5.74, 6) is 1.44. The van der Waals surface area contributed by atoms with Crippen LogP contribution in [0, 0.1) is 0 Å². The maximum atomic E-state index is 12.7. The highest BCUT2D eigenvalue weighted by Gasteiger charge is 2.36. The van der Waals surface area contributed by atoms with Gasteiger partial charge in [0.15, 0.2) is 11.5 Å². The van der Waals surface area contributed by atoms with E-state index in [2.05, 4.69) is 5.32 Å². The molecular formula is C20H30N2O6. The smallest absolute Gasteiger partial charge is 0.410 e. The van der Waals surface area contributed by atoms with Crippen LogP contribution in [-0.2, 0) is 16.1 Å². The Bertz CT molecular complexity index is 713. The fourth-order valence-corrected chi connectivity index (χ4v) is 3.11. The summed E-state index contributed by atoms with van der Waals surface area (Å²) in [5.41, 5.74) is 0.142. The summed E-state index contributed by atoms with van der Waals surface area (Å²) in [6.45, 7) is 6.16. The first-order chi connectivity index (χ1) is 13.2. The van der Waals surface area contributed by atoms with Gasteiger partial charge in [-0.2, -0.15) is 0 Å². The molecule has 1 heterocycles. The predicted molar refractivity (Wildman–Crippen MR) is 104 cm³/mol. The SMILES string of the molecule is COc1cc(OC)c(OC)cc1CNC(=O)[C@@H]1CCCN1C(=O)OC(C)(C)C. The third-order valence-corrected chi connectivity index (χ3v) is 4.42. The third-order valence-electron chi connectivity index (χ3n) is 4.42. The summed E-state index contributed by atoms with van der Waals surface area (Å²) < 4.78 is 21.4. The van der Waals surface area contributed by atoms with Gasteiger partial charge in [0.25, 0.3) is 0 Å². The van der Waals surface area contributed by atoms with E-state index < -0.39 is 17.7 Å². The Morgan fingerprint density at radius 3 is 2.25 bits per heavy atom. The zero-order chi connectivity index (χ0) is 20.9. The average Bonchev–Trinajstić information content (AvgIpc) is 3.14. The van der Waals surface area contributed by atoms with Gasteiger partial charge in [0.1, 0.15) is 17.4 Å². The minimum atomic E-state index is -0.603. The van der Waals surface area contributed by atoms with E-state index in [4.69, 9.17) is 18.9 Å². The van der Waals surface area contributed by atoms with Gasteiger partial charge >= 0.3 is 6.09 Å². The van der Waals surface area contributed by atoms with E-state index >= 15 is 0 Å². The molecule has 2 amide bonds. The fraction of sp³-hybridized carbons (Fsp3) is 0.600. The van der Waals surface area contributed by atoms with E-state index in [1.54, 1.807) is 54.2 Å². The lowest BCUT2D eigenvalue weighted by molar-refractivity contribution is -0.125. The molecule has 8 heteroatoms. The number of rotatable bonds is 6. The molecule has 0 aromatic heterocycles. The first kappa shape index (κ1) is 21.7. The van der Waals surface area contributed by atoms with E-state index in [1.165, 1.54) is 4.90 Å². The lowest BCUT2D eigenvalue weighted by Crippen LogP contribution is -2.47. The number of carbonyl (C=O) groups is 2.